The van der Waals surface area contributed by atoms with Crippen molar-refractivity contribution in [2.24, 2.45) is 0 Å². The Morgan fingerprint density at radius 3 is 2.48 bits per heavy atom. The smallest absolute Gasteiger partial charge is 0.266 e. The van der Waals surface area contributed by atoms with Gasteiger partial charge in [-0.05, 0) is 55.8 Å². The molecule has 0 saturated heterocycles. The molecular weight excluding hydrogens is 410 g/mol. The van der Waals surface area contributed by atoms with Gasteiger partial charge in [0.25, 0.3) is 5.56 Å². The molecule has 0 radical (unpaired) electrons. The Morgan fingerprint density at radius 1 is 1.07 bits per heavy atom. The minimum absolute atomic E-state index is 0.0708. The average molecular weight is 434 g/mol. The van der Waals surface area contributed by atoms with Crippen LogP contribution in [-0.4, -0.2) is 31.3 Å². The van der Waals surface area contributed by atoms with Gasteiger partial charge in [0.15, 0.2) is 0 Å². The molecule has 0 aliphatic carbocycles. The SMILES string of the molecule is CCOc1ccc(-c2ccc(=O)n(CCNS(=O)(=O)c3ccc(CC)s3)n2)cc1. The van der Waals surface area contributed by atoms with Crippen LogP contribution in [0.25, 0.3) is 11.3 Å². The molecule has 0 bridgehead atoms. The van der Waals surface area contributed by atoms with E-state index in [4.69, 9.17) is 4.74 Å². The molecule has 2 heterocycles. The van der Waals surface area contributed by atoms with Gasteiger partial charge < -0.3 is 4.74 Å². The minimum Gasteiger partial charge on any atom is -0.494 e. The zero-order valence-corrected chi connectivity index (χ0v) is 17.9. The predicted octanol–water partition coefficient (Wildman–Crippen LogP) is 2.91. The summed E-state index contributed by atoms with van der Waals surface area (Å²) < 4.78 is 34.3. The lowest BCUT2D eigenvalue weighted by Crippen LogP contribution is -2.31. The maximum atomic E-state index is 12.4. The summed E-state index contributed by atoms with van der Waals surface area (Å²) in [6.45, 7) is 4.69. The molecule has 2 aromatic heterocycles. The molecule has 29 heavy (non-hydrogen) atoms. The van der Waals surface area contributed by atoms with E-state index < -0.39 is 10.0 Å². The number of aromatic nitrogens is 2. The zero-order chi connectivity index (χ0) is 20.9. The molecule has 0 spiro atoms. The van der Waals surface area contributed by atoms with E-state index in [0.717, 1.165) is 22.6 Å². The molecule has 1 aromatic carbocycles. The van der Waals surface area contributed by atoms with Crippen LogP contribution in [0.15, 0.2) is 57.5 Å². The van der Waals surface area contributed by atoms with Crippen LogP contribution in [-0.2, 0) is 23.0 Å². The summed E-state index contributed by atoms with van der Waals surface area (Å²) in [6.07, 6.45) is 0.790. The molecule has 0 unspecified atom stereocenters. The number of nitrogens with one attached hydrogen (secondary N) is 1. The van der Waals surface area contributed by atoms with E-state index in [1.165, 1.54) is 22.1 Å². The second-order valence-electron chi connectivity index (χ2n) is 6.21. The minimum atomic E-state index is -3.59. The summed E-state index contributed by atoms with van der Waals surface area (Å²) >= 11 is 1.25. The first-order valence-electron chi connectivity index (χ1n) is 9.32. The maximum absolute atomic E-state index is 12.4. The van der Waals surface area contributed by atoms with Crippen molar-refractivity contribution in [1.82, 2.24) is 14.5 Å². The third kappa shape index (κ3) is 5.31. The molecular formula is C20H23N3O4S2. The standard InChI is InChI=1S/C20H23N3O4S2/c1-3-17-9-12-20(28-17)29(25,26)21-13-14-23-19(24)11-10-18(22-23)15-5-7-16(8-6-15)27-4-2/h5-12,21H,3-4,13-14H2,1-2H3. The molecule has 3 rings (SSSR count). The highest BCUT2D eigenvalue weighted by molar-refractivity contribution is 7.91. The van der Waals surface area contributed by atoms with Gasteiger partial charge in [-0.1, -0.05) is 6.92 Å². The summed E-state index contributed by atoms with van der Waals surface area (Å²) in [6, 6.07) is 13.9. The number of nitrogens with zero attached hydrogens (tertiary/aromatic N) is 2. The number of rotatable bonds is 9. The Morgan fingerprint density at radius 2 is 1.83 bits per heavy atom. The highest BCUT2D eigenvalue weighted by Gasteiger charge is 2.16. The lowest BCUT2D eigenvalue weighted by molar-refractivity contribution is 0.340. The lowest BCUT2D eigenvalue weighted by Gasteiger charge is -2.09. The van der Waals surface area contributed by atoms with Gasteiger partial charge in [0, 0.05) is 23.1 Å². The zero-order valence-electron chi connectivity index (χ0n) is 16.3. The van der Waals surface area contributed by atoms with Crippen molar-refractivity contribution in [2.45, 2.75) is 31.0 Å². The Balaban J connectivity index is 1.69. The second kappa shape index (κ2) is 9.34. The quantitative estimate of drug-likeness (QED) is 0.560. The van der Waals surface area contributed by atoms with E-state index in [1.807, 2.05) is 44.2 Å². The van der Waals surface area contributed by atoms with Gasteiger partial charge in [-0.2, -0.15) is 5.10 Å². The van der Waals surface area contributed by atoms with Gasteiger partial charge in [-0.3, -0.25) is 4.79 Å². The van der Waals surface area contributed by atoms with Crippen LogP contribution in [0.1, 0.15) is 18.7 Å². The summed E-state index contributed by atoms with van der Waals surface area (Å²) in [5, 5.41) is 4.36. The highest BCUT2D eigenvalue weighted by atomic mass is 32.2. The summed E-state index contributed by atoms with van der Waals surface area (Å²) in [5.74, 6) is 0.763. The van der Waals surface area contributed by atoms with Crippen LogP contribution in [0.4, 0.5) is 0 Å². The molecule has 0 aliphatic heterocycles. The topological polar surface area (TPSA) is 90.3 Å². The first kappa shape index (κ1) is 21.2. The normalized spacial score (nSPS) is 11.5. The number of benzene rings is 1. The third-order valence-electron chi connectivity index (χ3n) is 4.19. The summed E-state index contributed by atoms with van der Waals surface area (Å²) in [7, 11) is -3.59. The molecule has 7 nitrogen and oxygen atoms in total. The Bertz CT molecular complexity index is 1120. The molecule has 1 N–H and O–H groups in total. The first-order chi connectivity index (χ1) is 13.9. The Hall–Kier alpha value is -2.49. The van der Waals surface area contributed by atoms with Gasteiger partial charge in [-0.25, -0.2) is 17.8 Å². The van der Waals surface area contributed by atoms with Crippen LogP contribution in [0.5, 0.6) is 5.75 Å². The molecule has 0 saturated carbocycles. The van der Waals surface area contributed by atoms with E-state index in [1.54, 1.807) is 12.1 Å². The van der Waals surface area contributed by atoms with E-state index in [0.29, 0.717) is 12.3 Å². The number of hydrogen-bond acceptors (Lipinski definition) is 6. The summed E-state index contributed by atoms with van der Waals surface area (Å²) in [5.41, 5.74) is 1.18. The highest BCUT2D eigenvalue weighted by Crippen LogP contribution is 2.22. The van der Waals surface area contributed by atoms with E-state index in [-0.39, 0.29) is 22.9 Å². The molecule has 3 aromatic rings. The van der Waals surface area contributed by atoms with Crippen molar-refractivity contribution in [3.05, 3.63) is 63.8 Å². The molecule has 9 heteroatoms. The molecule has 0 fully saturated rings. The fraction of sp³-hybridized carbons (Fsp3) is 0.300. The lowest BCUT2D eigenvalue weighted by atomic mass is 10.1. The van der Waals surface area contributed by atoms with Gasteiger partial charge in [0.2, 0.25) is 10.0 Å². The fourth-order valence-corrected chi connectivity index (χ4v) is 5.06. The van der Waals surface area contributed by atoms with Crippen molar-refractivity contribution in [3.63, 3.8) is 0 Å². The van der Waals surface area contributed by atoms with Crippen LogP contribution < -0.4 is 15.0 Å². The number of hydrogen-bond donors (Lipinski definition) is 1. The fourth-order valence-electron chi connectivity index (χ4n) is 2.70. The molecule has 0 aliphatic rings. The number of aryl methyl sites for hydroxylation is 1. The van der Waals surface area contributed by atoms with Crippen molar-refractivity contribution in [3.8, 4) is 17.0 Å². The second-order valence-corrected chi connectivity index (χ2v) is 9.37. The van der Waals surface area contributed by atoms with Crippen molar-refractivity contribution < 1.29 is 13.2 Å². The van der Waals surface area contributed by atoms with Gasteiger partial charge in [0.1, 0.15) is 9.96 Å². The van der Waals surface area contributed by atoms with Crippen LogP contribution in [0.3, 0.4) is 0 Å². The van der Waals surface area contributed by atoms with Crippen molar-refractivity contribution in [2.75, 3.05) is 13.2 Å². The number of sulfonamides is 1. The van der Waals surface area contributed by atoms with E-state index in [2.05, 4.69) is 9.82 Å². The van der Waals surface area contributed by atoms with Crippen molar-refractivity contribution in [1.29, 1.82) is 0 Å². The average Bonchev–Trinajstić information content (AvgIpc) is 3.21. The van der Waals surface area contributed by atoms with Gasteiger partial charge in [0.05, 0.1) is 18.8 Å². The van der Waals surface area contributed by atoms with Gasteiger partial charge >= 0.3 is 0 Å². The molecule has 0 atom stereocenters. The Kier molecular flexibility index (Phi) is 6.83. The molecule has 154 valence electrons. The monoisotopic (exact) mass is 433 g/mol. The van der Waals surface area contributed by atoms with E-state index >= 15 is 0 Å². The van der Waals surface area contributed by atoms with Crippen molar-refractivity contribution >= 4 is 21.4 Å². The maximum Gasteiger partial charge on any atom is 0.266 e. The van der Waals surface area contributed by atoms with Crippen LogP contribution in [0, 0.1) is 0 Å². The Labute approximate surface area is 174 Å². The predicted molar refractivity (Wildman–Crippen MR) is 114 cm³/mol. The van der Waals surface area contributed by atoms with Crippen LogP contribution in [0.2, 0.25) is 0 Å². The van der Waals surface area contributed by atoms with Crippen LogP contribution >= 0.6 is 11.3 Å². The first-order valence-corrected chi connectivity index (χ1v) is 11.6. The van der Waals surface area contributed by atoms with E-state index in [9.17, 15) is 13.2 Å². The van der Waals surface area contributed by atoms with Gasteiger partial charge in [-0.15, -0.1) is 11.3 Å². The number of thiophene rings is 1. The third-order valence-corrected chi connectivity index (χ3v) is 7.38. The summed E-state index contributed by atoms with van der Waals surface area (Å²) in [4.78, 5) is 13.1. The number of ether oxygens (including phenoxy) is 1. The molecule has 0 amide bonds. The largest absolute Gasteiger partial charge is 0.494 e.